The average molecular weight is 462 g/mol. The van der Waals surface area contributed by atoms with Crippen LogP contribution in [0.5, 0.6) is 0 Å². The summed E-state index contributed by atoms with van der Waals surface area (Å²) in [6.45, 7) is 8.54. The summed E-state index contributed by atoms with van der Waals surface area (Å²) in [5, 5.41) is 7.12. The number of para-hydroxylation sites is 1. The first kappa shape index (κ1) is 24.0. The van der Waals surface area contributed by atoms with Gasteiger partial charge in [-0.25, -0.2) is 4.98 Å². The van der Waals surface area contributed by atoms with E-state index in [1.54, 1.807) is 14.0 Å². The molecule has 1 aromatic carbocycles. The number of rotatable bonds is 7. The number of likely N-dealkylation sites (N-methyl/N-ethyl adjacent to an activating group) is 1. The molecule has 0 bridgehead atoms. The maximum Gasteiger partial charge on any atom is 0.245 e. The van der Waals surface area contributed by atoms with Crippen LogP contribution < -0.4 is 10.6 Å². The van der Waals surface area contributed by atoms with Gasteiger partial charge in [0.15, 0.2) is 0 Å². The molecule has 4 rings (SSSR count). The molecule has 3 aromatic rings. The molecule has 2 N–H and O–H groups in total. The van der Waals surface area contributed by atoms with Gasteiger partial charge in [-0.2, -0.15) is 0 Å². The monoisotopic (exact) mass is 461 g/mol. The highest BCUT2D eigenvalue weighted by atomic mass is 16.2. The molecule has 34 heavy (non-hydrogen) atoms. The third-order valence-corrected chi connectivity index (χ3v) is 6.90. The maximum absolute atomic E-state index is 13.6. The molecule has 3 atom stereocenters. The minimum atomic E-state index is -0.554. The molecule has 0 radical (unpaired) electrons. The Hall–Kier alpha value is -3.19. The molecule has 3 heterocycles. The highest BCUT2D eigenvalue weighted by molar-refractivity contribution is 5.90. The van der Waals surface area contributed by atoms with Crippen LogP contribution in [0.2, 0.25) is 0 Å². The van der Waals surface area contributed by atoms with Crippen LogP contribution in [0.25, 0.3) is 16.7 Å². The van der Waals surface area contributed by atoms with Crippen LogP contribution in [0, 0.1) is 12.8 Å². The molecule has 180 valence electrons. The summed E-state index contributed by atoms with van der Waals surface area (Å²) < 4.78 is 2.12. The number of nitrogens with one attached hydrogen (secondary N) is 2. The Morgan fingerprint density at radius 1 is 1.15 bits per heavy atom. The standard InChI is InChI=1S/C27H35N5O2/c1-17(2)25(30-26(33)19(4)28-5)27(34)31-14-8-11-22(31)20-12-13-29-24(15-20)32-16-18(3)21-9-6-7-10-23(21)32/h6-7,9-10,12-13,15-17,19,22,25,28H,8,11,14H2,1-5H3,(H,30,33)/t19-,22-,25-/m0/s1. The number of fused-ring (bicyclic) bond motifs is 1. The number of amides is 2. The van der Waals surface area contributed by atoms with Crippen LogP contribution in [-0.4, -0.2) is 51.9 Å². The van der Waals surface area contributed by atoms with Crippen molar-refractivity contribution in [2.75, 3.05) is 13.6 Å². The Morgan fingerprint density at radius 2 is 1.91 bits per heavy atom. The van der Waals surface area contributed by atoms with Crippen molar-refractivity contribution in [2.24, 2.45) is 5.92 Å². The Balaban J connectivity index is 1.62. The van der Waals surface area contributed by atoms with Crippen LogP contribution in [0.3, 0.4) is 0 Å². The molecule has 1 fully saturated rings. The second-order valence-electron chi connectivity index (χ2n) is 9.58. The van der Waals surface area contributed by atoms with Crippen molar-refractivity contribution in [1.29, 1.82) is 0 Å². The molecule has 2 aromatic heterocycles. The lowest BCUT2D eigenvalue weighted by Crippen LogP contribution is -2.54. The third kappa shape index (κ3) is 4.57. The number of benzene rings is 1. The number of pyridine rings is 1. The lowest BCUT2D eigenvalue weighted by molar-refractivity contribution is -0.138. The summed E-state index contributed by atoms with van der Waals surface area (Å²) in [6.07, 6.45) is 5.77. The van der Waals surface area contributed by atoms with Gasteiger partial charge in [0.1, 0.15) is 11.9 Å². The van der Waals surface area contributed by atoms with Crippen LogP contribution in [-0.2, 0) is 9.59 Å². The van der Waals surface area contributed by atoms with E-state index in [1.165, 1.54) is 10.9 Å². The third-order valence-electron chi connectivity index (χ3n) is 6.90. The van der Waals surface area contributed by atoms with E-state index in [-0.39, 0.29) is 29.8 Å². The van der Waals surface area contributed by atoms with Crippen molar-refractivity contribution in [3.63, 3.8) is 0 Å². The average Bonchev–Trinajstić information content (AvgIpc) is 3.47. The molecule has 1 aliphatic rings. The van der Waals surface area contributed by atoms with E-state index in [9.17, 15) is 9.59 Å². The molecule has 0 unspecified atom stereocenters. The summed E-state index contributed by atoms with van der Waals surface area (Å²) in [5.41, 5.74) is 3.39. The minimum absolute atomic E-state index is 0.0102. The molecular weight excluding hydrogens is 426 g/mol. The highest BCUT2D eigenvalue weighted by Gasteiger charge is 2.36. The number of carbonyl (C=O) groups is 2. The van der Waals surface area contributed by atoms with Gasteiger partial charge in [-0.3, -0.25) is 9.59 Å². The summed E-state index contributed by atoms with van der Waals surface area (Å²) in [5.74, 6) is 0.655. The lowest BCUT2D eigenvalue weighted by atomic mass is 10.00. The number of hydrogen-bond donors (Lipinski definition) is 2. The normalized spacial score (nSPS) is 17.8. The first-order chi connectivity index (χ1) is 16.3. The van der Waals surface area contributed by atoms with E-state index < -0.39 is 6.04 Å². The van der Waals surface area contributed by atoms with Gasteiger partial charge in [0.05, 0.1) is 17.6 Å². The number of likely N-dealkylation sites (tertiary alicyclic amines) is 1. The molecule has 0 aliphatic carbocycles. The highest BCUT2D eigenvalue weighted by Crippen LogP contribution is 2.34. The van der Waals surface area contributed by atoms with E-state index in [0.29, 0.717) is 6.54 Å². The molecule has 7 nitrogen and oxygen atoms in total. The topological polar surface area (TPSA) is 79.3 Å². The molecule has 0 saturated carbocycles. The minimum Gasteiger partial charge on any atom is -0.343 e. The zero-order chi connectivity index (χ0) is 24.4. The fraction of sp³-hybridized carbons (Fsp3) is 0.444. The first-order valence-corrected chi connectivity index (χ1v) is 12.1. The quantitative estimate of drug-likeness (QED) is 0.562. The van der Waals surface area contributed by atoms with Gasteiger partial charge in [-0.05, 0) is 69.0 Å². The summed E-state index contributed by atoms with van der Waals surface area (Å²) >= 11 is 0. The number of aromatic nitrogens is 2. The zero-order valence-corrected chi connectivity index (χ0v) is 20.7. The number of nitrogens with zero attached hydrogens (tertiary/aromatic N) is 3. The zero-order valence-electron chi connectivity index (χ0n) is 20.7. The van der Waals surface area contributed by atoms with Crippen LogP contribution in [0.1, 0.15) is 50.8 Å². The van der Waals surface area contributed by atoms with Gasteiger partial charge in [-0.15, -0.1) is 0 Å². The number of carbonyl (C=O) groups excluding carboxylic acids is 2. The Bertz CT molecular complexity index is 1180. The van der Waals surface area contributed by atoms with Crippen molar-refractivity contribution in [2.45, 2.75) is 58.7 Å². The summed E-state index contributed by atoms with van der Waals surface area (Å²) in [7, 11) is 1.74. The van der Waals surface area contributed by atoms with Gasteiger partial charge in [0, 0.05) is 24.3 Å². The van der Waals surface area contributed by atoms with Gasteiger partial charge >= 0.3 is 0 Å². The molecule has 0 spiro atoms. The smallest absolute Gasteiger partial charge is 0.245 e. The second kappa shape index (κ2) is 9.97. The van der Waals surface area contributed by atoms with E-state index in [2.05, 4.69) is 51.5 Å². The molecule has 1 aliphatic heterocycles. The van der Waals surface area contributed by atoms with E-state index in [4.69, 9.17) is 0 Å². The van der Waals surface area contributed by atoms with Crippen LogP contribution in [0.15, 0.2) is 48.8 Å². The van der Waals surface area contributed by atoms with Crippen molar-refractivity contribution >= 4 is 22.7 Å². The fourth-order valence-electron chi connectivity index (χ4n) is 4.79. The van der Waals surface area contributed by atoms with Crippen molar-refractivity contribution in [3.8, 4) is 5.82 Å². The first-order valence-electron chi connectivity index (χ1n) is 12.1. The van der Waals surface area contributed by atoms with Gasteiger partial charge < -0.3 is 20.1 Å². The van der Waals surface area contributed by atoms with Gasteiger partial charge in [0.2, 0.25) is 11.8 Å². The second-order valence-corrected chi connectivity index (χ2v) is 9.58. The van der Waals surface area contributed by atoms with Gasteiger partial charge in [-0.1, -0.05) is 32.0 Å². The lowest BCUT2D eigenvalue weighted by Gasteiger charge is -2.32. The predicted octanol–water partition coefficient (Wildman–Crippen LogP) is 3.75. The predicted molar refractivity (Wildman–Crippen MR) is 135 cm³/mol. The van der Waals surface area contributed by atoms with Crippen LogP contribution >= 0.6 is 0 Å². The number of aryl methyl sites for hydroxylation is 1. The van der Waals surface area contributed by atoms with Crippen molar-refractivity contribution in [3.05, 3.63) is 59.9 Å². The molecule has 1 saturated heterocycles. The summed E-state index contributed by atoms with van der Waals surface area (Å²) in [4.78, 5) is 32.7. The van der Waals surface area contributed by atoms with E-state index >= 15 is 0 Å². The van der Waals surface area contributed by atoms with E-state index in [1.807, 2.05) is 43.1 Å². The van der Waals surface area contributed by atoms with Gasteiger partial charge in [0.25, 0.3) is 0 Å². The Kier molecular flexibility index (Phi) is 7.03. The Morgan fingerprint density at radius 3 is 2.65 bits per heavy atom. The van der Waals surface area contributed by atoms with Crippen molar-refractivity contribution in [1.82, 2.24) is 25.1 Å². The fourth-order valence-corrected chi connectivity index (χ4v) is 4.79. The largest absolute Gasteiger partial charge is 0.343 e. The van der Waals surface area contributed by atoms with Crippen LogP contribution in [0.4, 0.5) is 0 Å². The molecule has 2 amide bonds. The maximum atomic E-state index is 13.6. The molecule has 7 heteroatoms. The SMILES string of the molecule is CN[C@@H](C)C(=O)N[C@H](C(=O)N1CCC[C@H]1c1ccnc(-n2cc(C)c3ccccc32)c1)C(C)C. The van der Waals surface area contributed by atoms with Crippen molar-refractivity contribution < 1.29 is 9.59 Å². The Labute approximate surface area is 201 Å². The number of hydrogen-bond acceptors (Lipinski definition) is 4. The summed E-state index contributed by atoms with van der Waals surface area (Å²) in [6, 6.07) is 11.5. The van der Waals surface area contributed by atoms with E-state index in [0.717, 1.165) is 29.7 Å². The molecular formula is C27H35N5O2.